The van der Waals surface area contributed by atoms with E-state index in [4.69, 9.17) is 4.74 Å². The molecule has 24 heavy (non-hydrogen) atoms. The maximum absolute atomic E-state index is 13.2. The molecule has 4 rings (SSSR count). The second kappa shape index (κ2) is 6.49. The topological polar surface area (TPSA) is 42.4 Å². The molecule has 1 aliphatic rings. The molecule has 1 amide bonds. The van der Waals surface area contributed by atoms with Gasteiger partial charge in [0, 0.05) is 25.9 Å². The lowest BCUT2D eigenvalue weighted by Gasteiger charge is -2.31. The largest absolute Gasteiger partial charge is 0.467 e. The summed E-state index contributed by atoms with van der Waals surface area (Å²) in [7, 11) is 0. The first-order chi connectivity index (χ1) is 11.7. The summed E-state index contributed by atoms with van der Waals surface area (Å²) in [6.07, 6.45) is 1.60. The SMILES string of the molecule is O=C(c1cccs1)N1CCC(Oc2nc3ccc(F)cc3s2)CC1. The van der Waals surface area contributed by atoms with Crippen molar-refractivity contribution in [2.75, 3.05) is 13.1 Å². The van der Waals surface area contributed by atoms with Crippen LogP contribution in [0.25, 0.3) is 10.2 Å². The summed E-state index contributed by atoms with van der Waals surface area (Å²) in [5, 5.41) is 2.48. The molecule has 0 atom stereocenters. The predicted octanol–water partition coefficient (Wildman–Crippen LogP) is 4.18. The van der Waals surface area contributed by atoms with Crippen LogP contribution in [0.5, 0.6) is 5.19 Å². The van der Waals surface area contributed by atoms with Crippen LogP contribution in [0.4, 0.5) is 4.39 Å². The molecule has 1 saturated heterocycles. The van der Waals surface area contributed by atoms with Gasteiger partial charge in [0.15, 0.2) is 0 Å². The Kier molecular flexibility index (Phi) is 4.20. The van der Waals surface area contributed by atoms with Crippen LogP contribution in [-0.2, 0) is 0 Å². The highest BCUT2D eigenvalue weighted by Crippen LogP contribution is 2.30. The van der Waals surface area contributed by atoms with Crippen molar-refractivity contribution in [3.05, 3.63) is 46.4 Å². The number of carbonyl (C=O) groups excluding carboxylic acids is 1. The first-order valence-electron chi connectivity index (χ1n) is 7.74. The van der Waals surface area contributed by atoms with Crippen molar-refractivity contribution >= 4 is 38.8 Å². The first kappa shape index (κ1) is 15.5. The van der Waals surface area contributed by atoms with Gasteiger partial charge in [-0.15, -0.1) is 11.3 Å². The van der Waals surface area contributed by atoms with Crippen LogP contribution in [0.15, 0.2) is 35.7 Å². The van der Waals surface area contributed by atoms with Crippen molar-refractivity contribution in [2.24, 2.45) is 0 Å². The number of hydrogen-bond acceptors (Lipinski definition) is 5. The van der Waals surface area contributed by atoms with Gasteiger partial charge in [-0.25, -0.2) is 9.37 Å². The number of benzene rings is 1. The van der Waals surface area contributed by atoms with Gasteiger partial charge in [-0.2, -0.15) is 0 Å². The fourth-order valence-corrected chi connectivity index (χ4v) is 4.40. The fraction of sp³-hybridized carbons (Fsp3) is 0.294. The van der Waals surface area contributed by atoms with Gasteiger partial charge < -0.3 is 9.64 Å². The van der Waals surface area contributed by atoms with E-state index < -0.39 is 0 Å². The molecule has 0 N–H and O–H groups in total. The zero-order chi connectivity index (χ0) is 16.5. The molecule has 4 nitrogen and oxygen atoms in total. The number of amides is 1. The molecule has 0 unspecified atom stereocenters. The predicted molar refractivity (Wildman–Crippen MR) is 93.5 cm³/mol. The van der Waals surface area contributed by atoms with Crippen LogP contribution in [0.3, 0.4) is 0 Å². The summed E-state index contributed by atoms with van der Waals surface area (Å²) >= 11 is 2.83. The number of likely N-dealkylation sites (tertiary alicyclic amines) is 1. The van der Waals surface area contributed by atoms with Crippen molar-refractivity contribution in [1.82, 2.24) is 9.88 Å². The zero-order valence-electron chi connectivity index (χ0n) is 12.8. The Morgan fingerprint density at radius 1 is 1.29 bits per heavy atom. The normalized spacial score (nSPS) is 15.8. The Morgan fingerprint density at radius 2 is 2.12 bits per heavy atom. The first-order valence-corrected chi connectivity index (χ1v) is 9.44. The van der Waals surface area contributed by atoms with Crippen molar-refractivity contribution in [3.63, 3.8) is 0 Å². The lowest BCUT2D eigenvalue weighted by molar-refractivity contribution is 0.0600. The van der Waals surface area contributed by atoms with Crippen LogP contribution < -0.4 is 4.74 Å². The molecule has 3 aromatic rings. The molecular weight excluding hydrogens is 347 g/mol. The zero-order valence-corrected chi connectivity index (χ0v) is 14.4. The Hall–Kier alpha value is -1.99. The van der Waals surface area contributed by atoms with Gasteiger partial charge in [0.25, 0.3) is 11.1 Å². The third kappa shape index (κ3) is 3.14. The van der Waals surface area contributed by atoms with E-state index in [1.54, 1.807) is 6.07 Å². The van der Waals surface area contributed by atoms with E-state index in [9.17, 15) is 9.18 Å². The van der Waals surface area contributed by atoms with E-state index in [0.29, 0.717) is 18.3 Å². The quantitative estimate of drug-likeness (QED) is 0.702. The highest BCUT2D eigenvalue weighted by atomic mass is 32.1. The Bertz CT molecular complexity index is 855. The lowest BCUT2D eigenvalue weighted by atomic mass is 10.1. The smallest absolute Gasteiger partial charge is 0.274 e. The molecule has 0 saturated carbocycles. The Balaban J connectivity index is 1.38. The number of fused-ring (bicyclic) bond motifs is 1. The second-order valence-corrected chi connectivity index (χ2v) is 7.62. The Labute approximate surface area is 146 Å². The molecule has 0 radical (unpaired) electrons. The molecule has 2 aromatic heterocycles. The molecule has 0 bridgehead atoms. The van der Waals surface area contributed by atoms with Crippen LogP contribution in [0, 0.1) is 5.82 Å². The summed E-state index contributed by atoms with van der Waals surface area (Å²) in [4.78, 5) is 19.4. The summed E-state index contributed by atoms with van der Waals surface area (Å²) in [6.45, 7) is 1.36. The maximum Gasteiger partial charge on any atom is 0.274 e. The molecule has 0 aliphatic carbocycles. The number of halogens is 1. The monoisotopic (exact) mass is 362 g/mol. The molecule has 124 valence electrons. The van der Waals surface area contributed by atoms with E-state index in [0.717, 1.165) is 27.9 Å². The summed E-state index contributed by atoms with van der Waals surface area (Å²) in [5.74, 6) is -0.169. The van der Waals surface area contributed by atoms with E-state index in [-0.39, 0.29) is 17.8 Å². The standard InChI is InChI=1S/C17H15FN2O2S2/c18-11-3-4-13-15(10-11)24-17(19-13)22-12-5-7-20(8-6-12)16(21)14-2-1-9-23-14/h1-4,9-10,12H,5-8H2. The van der Waals surface area contributed by atoms with E-state index >= 15 is 0 Å². The average Bonchev–Trinajstić information content (AvgIpc) is 3.23. The number of carbonyl (C=O) groups is 1. The van der Waals surface area contributed by atoms with Crippen molar-refractivity contribution in [1.29, 1.82) is 0 Å². The van der Waals surface area contributed by atoms with Crippen molar-refractivity contribution in [3.8, 4) is 5.19 Å². The van der Waals surface area contributed by atoms with Gasteiger partial charge in [-0.1, -0.05) is 17.4 Å². The molecule has 7 heteroatoms. The van der Waals surface area contributed by atoms with Gasteiger partial charge >= 0.3 is 0 Å². The molecule has 0 spiro atoms. The maximum atomic E-state index is 13.2. The van der Waals surface area contributed by atoms with E-state index in [1.807, 2.05) is 22.4 Å². The van der Waals surface area contributed by atoms with E-state index in [2.05, 4.69) is 4.98 Å². The number of thiazole rings is 1. The summed E-state index contributed by atoms with van der Waals surface area (Å²) in [6, 6.07) is 8.29. The minimum absolute atomic E-state index is 0.0443. The Morgan fingerprint density at radius 3 is 2.88 bits per heavy atom. The van der Waals surface area contributed by atoms with Gasteiger partial charge in [0.2, 0.25) is 0 Å². The highest BCUT2D eigenvalue weighted by Gasteiger charge is 2.25. The van der Waals surface area contributed by atoms with Gasteiger partial charge in [-0.05, 0) is 29.6 Å². The number of ether oxygens (including phenoxy) is 1. The number of thiophene rings is 1. The van der Waals surface area contributed by atoms with Crippen LogP contribution in [0.1, 0.15) is 22.5 Å². The summed E-state index contributed by atoms with van der Waals surface area (Å²) < 4.78 is 20.0. The average molecular weight is 362 g/mol. The van der Waals surface area contributed by atoms with Crippen molar-refractivity contribution < 1.29 is 13.9 Å². The van der Waals surface area contributed by atoms with E-state index in [1.165, 1.54) is 34.8 Å². The number of hydrogen-bond donors (Lipinski definition) is 0. The molecule has 1 aromatic carbocycles. The van der Waals surface area contributed by atoms with Gasteiger partial charge in [0.1, 0.15) is 11.9 Å². The second-order valence-electron chi connectivity index (χ2n) is 5.68. The minimum Gasteiger partial charge on any atom is -0.467 e. The third-order valence-corrected chi connectivity index (χ3v) is 5.83. The van der Waals surface area contributed by atoms with Crippen LogP contribution >= 0.6 is 22.7 Å². The third-order valence-electron chi connectivity index (χ3n) is 4.06. The van der Waals surface area contributed by atoms with Crippen LogP contribution in [-0.4, -0.2) is 35.0 Å². The minimum atomic E-state index is -0.266. The number of rotatable bonds is 3. The summed E-state index contributed by atoms with van der Waals surface area (Å²) in [5.41, 5.74) is 0.752. The number of aromatic nitrogens is 1. The molecule has 3 heterocycles. The van der Waals surface area contributed by atoms with Crippen LogP contribution in [0.2, 0.25) is 0 Å². The number of nitrogens with zero attached hydrogens (tertiary/aromatic N) is 2. The lowest BCUT2D eigenvalue weighted by Crippen LogP contribution is -2.41. The van der Waals surface area contributed by atoms with Gasteiger partial charge in [0.05, 0.1) is 15.1 Å². The number of piperidine rings is 1. The highest BCUT2D eigenvalue weighted by molar-refractivity contribution is 7.20. The van der Waals surface area contributed by atoms with Gasteiger partial charge in [-0.3, -0.25) is 4.79 Å². The molecular formula is C17H15FN2O2S2. The fourth-order valence-electron chi connectivity index (χ4n) is 2.80. The molecule has 1 fully saturated rings. The molecule has 1 aliphatic heterocycles. The van der Waals surface area contributed by atoms with Crippen molar-refractivity contribution in [2.45, 2.75) is 18.9 Å².